The van der Waals surface area contributed by atoms with Gasteiger partial charge in [-0.15, -0.1) is 0 Å². The van der Waals surface area contributed by atoms with Gasteiger partial charge in [0.05, 0.1) is 0 Å². The number of ether oxygens (including phenoxy) is 1. The first-order chi connectivity index (χ1) is 8.51. The lowest BCUT2D eigenvalue weighted by molar-refractivity contribution is 0.0647. The molecule has 18 heavy (non-hydrogen) atoms. The van der Waals surface area contributed by atoms with Crippen molar-refractivity contribution in [2.24, 2.45) is 5.92 Å². The standard InChI is InChI=1S/C13H18O.2C2H6/c1-9(2)13(4)8-11-7-10(3)5-6-12(11)14-13;2*1-2/h5-7,9H,8H2,1-4H3;2*1-2H3. The lowest BCUT2D eigenvalue weighted by Crippen LogP contribution is -2.36. The Bertz CT molecular complexity index is 355. The van der Waals surface area contributed by atoms with Gasteiger partial charge in [-0.25, -0.2) is 0 Å². The molecule has 2 rings (SSSR count). The first-order valence-electron chi connectivity index (χ1n) is 7.30. The number of fused-ring (bicyclic) bond motifs is 1. The van der Waals surface area contributed by atoms with Crippen LogP contribution in [0.2, 0.25) is 0 Å². The number of hydrogen-bond donors (Lipinski definition) is 0. The van der Waals surface area contributed by atoms with Gasteiger partial charge in [0.2, 0.25) is 0 Å². The molecule has 0 aromatic heterocycles. The summed E-state index contributed by atoms with van der Waals surface area (Å²) < 4.78 is 6.01. The van der Waals surface area contributed by atoms with Crippen LogP contribution in [0, 0.1) is 12.8 Å². The summed E-state index contributed by atoms with van der Waals surface area (Å²) in [5.41, 5.74) is 2.68. The molecule has 0 amide bonds. The molecule has 1 aromatic carbocycles. The molecule has 1 aliphatic heterocycles. The van der Waals surface area contributed by atoms with Gasteiger partial charge in [0.15, 0.2) is 0 Å². The maximum Gasteiger partial charge on any atom is 0.123 e. The molecule has 0 N–H and O–H groups in total. The molecule has 1 aliphatic rings. The van der Waals surface area contributed by atoms with Crippen LogP contribution in [0.25, 0.3) is 0 Å². The second-order valence-corrected chi connectivity index (χ2v) is 4.86. The van der Waals surface area contributed by atoms with Crippen molar-refractivity contribution in [3.8, 4) is 5.75 Å². The van der Waals surface area contributed by atoms with E-state index in [1.807, 2.05) is 27.7 Å². The minimum Gasteiger partial charge on any atom is -0.487 e. The van der Waals surface area contributed by atoms with Crippen molar-refractivity contribution < 1.29 is 4.74 Å². The maximum atomic E-state index is 6.01. The molecule has 0 aliphatic carbocycles. The zero-order valence-corrected chi connectivity index (χ0v) is 13.4. The van der Waals surface area contributed by atoms with E-state index in [4.69, 9.17) is 4.74 Å². The number of rotatable bonds is 1. The van der Waals surface area contributed by atoms with Gasteiger partial charge in [0, 0.05) is 6.42 Å². The Morgan fingerprint density at radius 2 is 1.67 bits per heavy atom. The third-order valence-electron chi connectivity index (χ3n) is 3.32. The number of benzene rings is 1. The monoisotopic (exact) mass is 250 g/mol. The predicted octanol–water partition coefficient (Wildman–Crippen LogP) is 5.40. The molecule has 0 saturated heterocycles. The molecular formula is C17H30O. The van der Waals surface area contributed by atoms with E-state index in [1.165, 1.54) is 11.1 Å². The van der Waals surface area contributed by atoms with Crippen molar-refractivity contribution in [1.82, 2.24) is 0 Å². The topological polar surface area (TPSA) is 9.23 Å². The van der Waals surface area contributed by atoms with Gasteiger partial charge >= 0.3 is 0 Å². The Morgan fingerprint density at radius 3 is 2.17 bits per heavy atom. The van der Waals surface area contributed by atoms with E-state index in [-0.39, 0.29) is 5.60 Å². The van der Waals surface area contributed by atoms with Crippen LogP contribution in [-0.2, 0) is 6.42 Å². The first-order valence-corrected chi connectivity index (χ1v) is 7.30. The molecule has 1 heteroatoms. The van der Waals surface area contributed by atoms with Crippen molar-refractivity contribution in [2.75, 3.05) is 0 Å². The third-order valence-corrected chi connectivity index (χ3v) is 3.32. The highest BCUT2D eigenvalue weighted by Crippen LogP contribution is 2.39. The first kappa shape index (κ1) is 17.0. The molecule has 0 bridgehead atoms. The van der Waals surface area contributed by atoms with E-state index in [0.717, 1.165) is 12.2 Å². The van der Waals surface area contributed by atoms with Gasteiger partial charge in [-0.2, -0.15) is 0 Å². The Labute approximate surface area is 114 Å². The summed E-state index contributed by atoms with van der Waals surface area (Å²) in [5.74, 6) is 1.63. The minimum absolute atomic E-state index is 0.00384. The van der Waals surface area contributed by atoms with Crippen molar-refractivity contribution in [1.29, 1.82) is 0 Å². The molecule has 1 heterocycles. The smallest absolute Gasteiger partial charge is 0.123 e. The van der Waals surface area contributed by atoms with Crippen LogP contribution in [0.15, 0.2) is 18.2 Å². The molecule has 104 valence electrons. The predicted molar refractivity (Wildman–Crippen MR) is 81.5 cm³/mol. The van der Waals surface area contributed by atoms with E-state index in [1.54, 1.807) is 0 Å². The Kier molecular flexibility index (Phi) is 7.05. The third kappa shape index (κ3) is 3.76. The largest absolute Gasteiger partial charge is 0.487 e. The highest BCUT2D eigenvalue weighted by molar-refractivity contribution is 5.41. The highest BCUT2D eigenvalue weighted by Gasteiger charge is 2.37. The van der Waals surface area contributed by atoms with E-state index in [2.05, 4.69) is 45.9 Å². The van der Waals surface area contributed by atoms with Gasteiger partial charge < -0.3 is 4.74 Å². The summed E-state index contributed by atoms with van der Waals surface area (Å²) in [6.07, 6.45) is 1.04. The fourth-order valence-electron chi connectivity index (χ4n) is 1.93. The molecular weight excluding hydrogens is 220 g/mol. The van der Waals surface area contributed by atoms with Crippen LogP contribution in [-0.4, -0.2) is 5.60 Å². The molecule has 0 radical (unpaired) electrons. The average molecular weight is 250 g/mol. The van der Waals surface area contributed by atoms with Gasteiger partial charge in [-0.1, -0.05) is 59.2 Å². The average Bonchev–Trinajstić information content (AvgIpc) is 2.71. The van der Waals surface area contributed by atoms with Crippen molar-refractivity contribution in [3.05, 3.63) is 29.3 Å². The van der Waals surface area contributed by atoms with Crippen LogP contribution in [0.3, 0.4) is 0 Å². The summed E-state index contributed by atoms with van der Waals surface area (Å²) in [4.78, 5) is 0. The Morgan fingerprint density at radius 1 is 1.11 bits per heavy atom. The molecule has 1 atom stereocenters. The fraction of sp³-hybridized carbons (Fsp3) is 0.647. The van der Waals surface area contributed by atoms with Crippen molar-refractivity contribution in [2.45, 2.75) is 67.4 Å². The van der Waals surface area contributed by atoms with Crippen molar-refractivity contribution in [3.63, 3.8) is 0 Å². The zero-order valence-electron chi connectivity index (χ0n) is 13.4. The summed E-state index contributed by atoms with van der Waals surface area (Å²) in [5, 5.41) is 0. The van der Waals surface area contributed by atoms with E-state index in [0.29, 0.717) is 5.92 Å². The molecule has 0 fully saturated rings. The second kappa shape index (κ2) is 7.45. The van der Waals surface area contributed by atoms with Crippen molar-refractivity contribution >= 4 is 0 Å². The van der Waals surface area contributed by atoms with E-state index in [9.17, 15) is 0 Å². The molecule has 1 unspecified atom stereocenters. The SMILES string of the molecule is CC.CC.Cc1ccc2c(c1)CC(C)(C(C)C)O2. The maximum absolute atomic E-state index is 6.01. The number of aryl methyl sites for hydroxylation is 1. The molecule has 0 spiro atoms. The van der Waals surface area contributed by atoms with Crippen LogP contribution in [0.1, 0.15) is 59.6 Å². The van der Waals surface area contributed by atoms with Crippen LogP contribution in [0.5, 0.6) is 5.75 Å². The Balaban J connectivity index is 0.000000659. The minimum atomic E-state index is -0.00384. The lowest BCUT2D eigenvalue weighted by atomic mass is 9.88. The number of hydrogen-bond acceptors (Lipinski definition) is 1. The normalized spacial score (nSPS) is 20.1. The van der Waals surface area contributed by atoms with Crippen LogP contribution in [0.4, 0.5) is 0 Å². The quantitative estimate of drug-likeness (QED) is 0.648. The van der Waals surface area contributed by atoms with Gasteiger partial charge in [0.1, 0.15) is 11.4 Å². The van der Waals surface area contributed by atoms with Crippen LogP contribution >= 0.6 is 0 Å². The lowest BCUT2D eigenvalue weighted by Gasteiger charge is -2.28. The highest BCUT2D eigenvalue weighted by atomic mass is 16.5. The van der Waals surface area contributed by atoms with Gasteiger partial charge in [-0.3, -0.25) is 0 Å². The van der Waals surface area contributed by atoms with Gasteiger partial charge in [0.25, 0.3) is 0 Å². The second-order valence-electron chi connectivity index (χ2n) is 4.86. The zero-order chi connectivity index (χ0) is 14.3. The molecule has 1 aromatic rings. The van der Waals surface area contributed by atoms with Gasteiger partial charge in [-0.05, 0) is 31.4 Å². The van der Waals surface area contributed by atoms with Crippen LogP contribution < -0.4 is 4.74 Å². The summed E-state index contributed by atoms with van der Waals surface area (Å²) >= 11 is 0. The fourth-order valence-corrected chi connectivity index (χ4v) is 1.93. The summed E-state index contributed by atoms with van der Waals surface area (Å²) in [7, 11) is 0. The molecule has 1 nitrogen and oxygen atoms in total. The summed E-state index contributed by atoms with van der Waals surface area (Å²) in [6.45, 7) is 16.8. The molecule has 0 saturated carbocycles. The summed E-state index contributed by atoms with van der Waals surface area (Å²) in [6, 6.07) is 6.45. The van der Waals surface area contributed by atoms with E-state index >= 15 is 0 Å². The Hall–Kier alpha value is -0.980. The van der Waals surface area contributed by atoms with E-state index < -0.39 is 0 Å².